The van der Waals surface area contributed by atoms with E-state index in [1.807, 2.05) is 16.7 Å². The molecule has 2 aliphatic rings. The maximum atomic E-state index is 15.7. The number of non-ortho nitro benzene ring substituents is 1. The van der Waals surface area contributed by atoms with Gasteiger partial charge in [0.15, 0.2) is 22.2 Å². The third-order valence-corrected chi connectivity index (χ3v) is 8.78. The van der Waals surface area contributed by atoms with Crippen LogP contribution in [0.25, 0.3) is 21.1 Å². The number of piperazine rings is 1. The molecule has 13 nitrogen and oxygen atoms in total. The first kappa shape index (κ1) is 28.5. The number of halogens is 1. The van der Waals surface area contributed by atoms with Gasteiger partial charge in [-0.1, -0.05) is 17.4 Å². The number of anilines is 2. The number of fused-ring (bicyclic) bond motifs is 2. The fraction of sp³-hybridized carbons (Fsp3) is 0.357. The first-order valence-electron chi connectivity index (χ1n) is 13.6. The molecule has 1 saturated heterocycles. The van der Waals surface area contributed by atoms with Crippen LogP contribution in [0, 0.1) is 15.9 Å². The summed E-state index contributed by atoms with van der Waals surface area (Å²) in [6.45, 7) is 3.05. The molecular formula is C28H27FN6O7S. The Morgan fingerprint density at radius 2 is 2.07 bits per heavy atom. The summed E-state index contributed by atoms with van der Waals surface area (Å²) >= 11 is 1.15. The number of carboxylic acid groups (broad SMARTS) is 1. The molecule has 1 aliphatic heterocycles. The van der Waals surface area contributed by atoms with Crippen molar-refractivity contribution in [2.45, 2.75) is 31.8 Å². The zero-order chi connectivity index (χ0) is 30.6. The number of carbonyl (C=O) groups excluding carboxylic acids is 1. The number of nitro groups is 1. The van der Waals surface area contributed by atoms with Crippen molar-refractivity contribution in [1.29, 1.82) is 0 Å². The molecule has 4 aromatic rings. The number of nitrogens with zero attached hydrogens (tertiary/aromatic N) is 5. The summed E-state index contributed by atoms with van der Waals surface area (Å²) in [5, 5.41) is 23.8. The quantitative estimate of drug-likeness (QED) is 0.222. The maximum Gasteiger partial charge on any atom is 0.341 e. The van der Waals surface area contributed by atoms with Crippen LogP contribution in [-0.2, 0) is 4.79 Å². The van der Waals surface area contributed by atoms with Crippen LogP contribution in [0.5, 0.6) is 5.75 Å². The topological polar surface area (TPSA) is 160 Å². The summed E-state index contributed by atoms with van der Waals surface area (Å²) in [6.07, 6.45) is 2.93. The van der Waals surface area contributed by atoms with Gasteiger partial charge >= 0.3 is 5.97 Å². The van der Waals surface area contributed by atoms with Crippen molar-refractivity contribution in [1.82, 2.24) is 14.5 Å². The minimum Gasteiger partial charge on any atom is -0.492 e. The lowest BCUT2D eigenvalue weighted by Crippen LogP contribution is -2.54. The molecule has 2 aromatic carbocycles. The fourth-order valence-corrected chi connectivity index (χ4v) is 6.54. The molecule has 1 atom stereocenters. The number of aromatic carboxylic acids is 1. The van der Waals surface area contributed by atoms with E-state index in [2.05, 4.69) is 10.3 Å². The number of para-hydroxylation sites is 1. The highest BCUT2D eigenvalue weighted by molar-refractivity contribution is 7.22. The summed E-state index contributed by atoms with van der Waals surface area (Å²) in [4.78, 5) is 56.4. The van der Waals surface area contributed by atoms with E-state index in [-0.39, 0.29) is 57.7 Å². The molecule has 0 spiro atoms. The number of thiazole rings is 1. The number of methoxy groups -OCH3 is 1. The molecule has 43 heavy (non-hydrogen) atoms. The molecule has 2 N–H and O–H groups in total. The van der Waals surface area contributed by atoms with Crippen molar-refractivity contribution in [3.05, 3.63) is 62.2 Å². The van der Waals surface area contributed by atoms with Gasteiger partial charge in [0.1, 0.15) is 11.3 Å². The van der Waals surface area contributed by atoms with Gasteiger partial charge in [0.05, 0.1) is 34.2 Å². The van der Waals surface area contributed by atoms with E-state index in [4.69, 9.17) is 4.74 Å². The van der Waals surface area contributed by atoms with Crippen molar-refractivity contribution in [3.8, 4) is 5.75 Å². The van der Waals surface area contributed by atoms with Gasteiger partial charge < -0.3 is 24.6 Å². The number of pyridine rings is 1. The van der Waals surface area contributed by atoms with Gasteiger partial charge in [-0.2, -0.15) is 0 Å². The number of nitro benzene ring substituents is 1. The lowest BCUT2D eigenvalue weighted by molar-refractivity contribution is -0.383. The number of nitrogens with one attached hydrogen (secondary N) is 1. The Balaban J connectivity index is 1.23. The molecule has 1 saturated carbocycles. The van der Waals surface area contributed by atoms with Crippen LogP contribution in [0.3, 0.4) is 0 Å². The molecule has 1 amide bonds. The van der Waals surface area contributed by atoms with E-state index in [9.17, 15) is 29.6 Å². The Kier molecular flexibility index (Phi) is 7.22. The lowest BCUT2D eigenvalue weighted by atomic mass is 10.1. The van der Waals surface area contributed by atoms with Crippen molar-refractivity contribution in [3.63, 3.8) is 0 Å². The molecule has 224 valence electrons. The second-order valence-electron chi connectivity index (χ2n) is 10.7. The molecular weight excluding hydrogens is 583 g/mol. The first-order chi connectivity index (χ1) is 20.6. The number of hydrogen-bond acceptors (Lipinski definition) is 10. The number of ether oxygens (including phenoxy) is 1. The molecule has 0 radical (unpaired) electrons. The number of benzene rings is 2. The van der Waals surface area contributed by atoms with Crippen LogP contribution in [-0.4, -0.2) is 75.7 Å². The minimum absolute atomic E-state index is 0.00995. The number of hydrogen-bond donors (Lipinski definition) is 2. The summed E-state index contributed by atoms with van der Waals surface area (Å²) in [6, 6.07) is 5.53. The van der Waals surface area contributed by atoms with E-state index in [1.54, 1.807) is 16.7 Å². The van der Waals surface area contributed by atoms with Crippen LogP contribution < -0.4 is 20.4 Å². The highest BCUT2D eigenvalue weighted by Gasteiger charge is 2.33. The van der Waals surface area contributed by atoms with Crippen molar-refractivity contribution < 1.29 is 28.7 Å². The number of rotatable bonds is 8. The van der Waals surface area contributed by atoms with Crippen LogP contribution in [0.15, 0.2) is 35.3 Å². The molecule has 1 aliphatic carbocycles. The van der Waals surface area contributed by atoms with Crippen LogP contribution in [0.1, 0.15) is 36.2 Å². The summed E-state index contributed by atoms with van der Waals surface area (Å²) in [7, 11) is 1.39. The Morgan fingerprint density at radius 1 is 1.30 bits per heavy atom. The van der Waals surface area contributed by atoms with E-state index >= 15 is 4.39 Å². The number of aromatic nitrogens is 2. The van der Waals surface area contributed by atoms with Gasteiger partial charge in [-0.15, -0.1) is 0 Å². The standard InChI is InChI=1S/C28H27FN6O7S/c1-14-11-33(9-8-32(14)13-21(36)30-28-31-22-19(35(40)41)4-3-5-20(22)43-28)24-18(29)10-16-23(26(24)42-2)34(15-6-7-15)12-17(25(16)37)27(38)39/h3-5,10,12,14-15H,6-9,11,13H2,1-2H3,(H,38,39)(H,30,31,36). The Labute approximate surface area is 247 Å². The van der Waals surface area contributed by atoms with Gasteiger partial charge in [-0.25, -0.2) is 14.2 Å². The Hall–Kier alpha value is -4.63. The van der Waals surface area contributed by atoms with Crippen LogP contribution >= 0.6 is 11.3 Å². The number of carboxylic acids is 1. The smallest absolute Gasteiger partial charge is 0.341 e. The average Bonchev–Trinajstić information content (AvgIpc) is 3.72. The molecule has 6 rings (SSSR count). The second-order valence-corrected chi connectivity index (χ2v) is 11.7. The number of amides is 1. The van der Waals surface area contributed by atoms with Gasteiger partial charge in [-0.3, -0.25) is 24.6 Å². The van der Waals surface area contributed by atoms with E-state index in [0.29, 0.717) is 29.9 Å². The lowest BCUT2D eigenvalue weighted by Gasteiger charge is -2.41. The van der Waals surface area contributed by atoms with Crippen molar-refractivity contribution in [2.24, 2.45) is 0 Å². The SMILES string of the molecule is COc1c(N2CCN(CC(=O)Nc3nc4c([N+](=O)[O-])cccc4s3)C(C)C2)c(F)cc2c(=O)c(C(=O)O)cn(C3CC3)c12. The Bertz CT molecular complexity index is 1870. The third kappa shape index (κ3) is 5.14. The first-order valence-corrected chi connectivity index (χ1v) is 14.4. The largest absolute Gasteiger partial charge is 0.492 e. The monoisotopic (exact) mass is 610 g/mol. The van der Waals surface area contributed by atoms with Gasteiger partial charge in [0.2, 0.25) is 11.3 Å². The highest BCUT2D eigenvalue weighted by Crippen LogP contribution is 2.44. The molecule has 3 heterocycles. The molecule has 2 aromatic heterocycles. The third-order valence-electron chi connectivity index (χ3n) is 7.84. The van der Waals surface area contributed by atoms with Gasteiger partial charge in [0.25, 0.3) is 5.69 Å². The van der Waals surface area contributed by atoms with Crippen molar-refractivity contribution in [2.75, 3.05) is 43.5 Å². The second kappa shape index (κ2) is 10.9. The Morgan fingerprint density at radius 3 is 2.72 bits per heavy atom. The maximum absolute atomic E-state index is 15.7. The zero-order valence-corrected chi connectivity index (χ0v) is 24.0. The van der Waals surface area contributed by atoms with E-state index in [0.717, 1.165) is 30.2 Å². The normalized spacial score (nSPS) is 17.4. The number of carbonyl (C=O) groups is 2. The molecule has 2 fully saturated rings. The zero-order valence-electron chi connectivity index (χ0n) is 23.2. The van der Waals surface area contributed by atoms with Gasteiger partial charge in [0, 0.05) is 44.0 Å². The van der Waals surface area contributed by atoms with Crippen LogP contribution in [0.2, 0.25) is 0 Å². The van der Waals surface area contributed by atoms with Crippen LogP contribution in [0.4, 0.5) is 20.9 Å². The minimum atomic E-state index is -1.37. The van der Waals surface area contributed by atoms with E-state index < -0.39 is 27.7 Å². The molecule has 0 bridgehead atoms. The highest BCUT2D eigenvalue weighted by atomic mass is 32.1. The van der Waals surface area contributed by atoms with E-state index in [1.165, 1.54) is 19.4 Å². The fourth-order valence-electron chi connectivity index (χ4n) is 5.64. The molecule has 15 heteroatoms. The predicted molar refractivity (Wildman–Crippen MR) is 158 cm³/mol. The summed E-state index contributed by atoms with van der Waals surface area (Å²) in [5.74, 6) is -2.24. The van der Waals surface area contributed by atoms with Crippen molar-refractivity contribution >= 4 is 60.8 Å². The average molecular weight is 611 g/mol. The summed E-state index contributed by atoms with van der Waals surface area (Å²) < 4.78 is 23.7. The summed E-state index contributed by atoms with van der Waals surface area (Å²) in [5.41, 5.74) is -0.562. The molecule has 1 unspecified atom stereocenters. The van der Waals surface area contributed by atoms with Gasteiger partial charge in [-0.05, 0) is 31.9 Å². The predicted octanol–water partition coefficient (Wildman–Crippen LogP) is 3.85.